The van der Waals surface area contributed by atoms with Crippen LogP contribution in [0.15, 0.2) is 30.3 Å². The molecule has 1 heterocycles. The summed E-state index contributed by atoms with van der Waals surface area (Å²) in [7, 11) is 0. The van der Waals surface area contributed by atoms with Crippen LogP contribution in [0.1, 0.15) is 26.2 Å². The molecule has 1 saturated heterocycles. The van der Waals surface area contributed by atoms with Gasteiger partial charge in [-0.1, -0.05) is 25.1 Å². The Bertz CT molecular complexity index is 468. The predicted molar refractivity (Wildman–Crippen MR) is 83.1 cm³/mol. The Morgan fingerprint density at radius 1 is 1.19 bits per heavy atom. The summed E-state index contributed by atoms with van der Waals surface area (Å²) in [5.41, 5.74) is 0.797. The van der Waals surface area contributed by atoms with E-state index in [1.54, 1.807) is 4.90 Å². The number of rotatable bonds is 4. The molecular formula is C16H23N3O2. The molecule has 1 aliphatic heterocycles. The van der Waals surface area contributed by atoms with E-state index >= 15 is 0 Å². The van der Waals surface area contributed by atoms with E-state index in [9.17, 15) is 9.59 Å². The number of amides is 3. The van der Waals surface area contributed by atoms with E-state index in [4.69, 9.17) is 0 Å². The number of benzene rings is 1. The van der Waals surface area contributed by atoms with Gasteiger partial charge in [-0.05, 0) is 31.4 Å². The first-order chi connectivity index (χ1) is 10.2. The van der Waals surface area contributed by atoms with Crippen molar-refractivity contribution in [2.45, 2.75) is 26.2 Å². The molecule has 2 rings (SSSR count). The summed E-state index contributed by atoms with van der Waals surface area (Å²) in [5, 5.41) is 5.80. The average molecular weight is 289 g/mol. The lowest BCUT2D eigenvalue weighted by molar-refractivity contribution is -0.126. The van der Waals surface area contributed by atoms with Crippen LogP contribution in [0.2, 0.25) is 0 Å². The molecule has 1 aliphatic rings. The van der Waals surface area contributed by atoms with Gasteiger partial charge >= 0.3 is 6.03 Å². The Hall–Kier alpha value is -2.04. The molecule has 3 amide bonds. The van der Waals surface area contributed by atoms with Crippen LogP contribution >= 0.6 is 0 Å². The molecule has 0 saturated carbocycles. The summed E-state index contributed by atoms with van der Waals surface area (Å²) in [6, 6.07) is 9.33. The Kier molecular flexibility index (Phi) is 5.60. The predicted octanol–water partition coefficient (Wildman–Crippen LogP) is 2.46. The Morgan fingerprint density at radius 3 is 2.48 bits per heavy atom. The number of nitrogens with one attached hydrogen (secondary N) is 2. The third-order valence-corrected chi connectivity index (χ3v) is 3.73. The Labute approximate surface area is 125 Å². The van der Waals surface area contributed by atoms with Gasteiger partial charge in [0.2, 0.25) is 5.91 Å². The van der Waals surface area contributed by atoms with Crippen molar-refractivity contribution in [2.24, 2.45) is 5.92 Å². The van der Waals surface area contributed by atoms with E-state index in [0.29, 0.717) is 13.1 Å². The highest BCUT2D eigenvalue weighted by Gasteiger charge is 2.26. The van der Waals surface area contributed by atoms with Crippen molar-refractivity contribution in [3.05, 3.63) is 30.3 Å². The Morgan fingerprint density at radius 2 is 1.86 bits per heavy atom. The molecule has 0 aromatic heterocycles. The number of urea groups is 1. The van der Waals surface area contributed by atoms with Crippen LogP contribution in [0.3, 0.4) is 0 Å². The van der Waals surface area contributed by atoms with Gasteiger partial charge in [-0.25, -0.2) is 4.79 Å². The molecule has 5 heteroatoms. The van der Waals surface area contributed by atoms with Crippen molar-refractivity contribution in [1.29, 1.82) is 0 Å². The van der Waals surface area contributed by atoms with Gasteiger partial charge in [0.05, 0.1) is 0 Å². The molecule has 0 unspecified atom stereocenters. The van der Waals surface area contributed by atoms with E-state index in [1.807, 2.05) is 37.3 Å². The molecule has 2 N–H and O–H groups in total. The fraction of sp³-hybridized carbons (Fsp3) is 0.500. The maximum Gasteiger partial charge on any atom is 0.321 e. The van der Waals surface area contributed by atoms with Crippen molar-refractivity contribution in [3.63, 3.8) is 0 Å². The van der Waals surface area contributed by atoms with Crippen LogP contribution in [0.5, 0.6) is 0 Å². The van der Waals surface area contributed by atoms with Gasteiger partial charge in [0, 0.05) is 31.2 Å². The Balaban J connectivity index is 1.78. The summed E-state index contributed by atoms with van der Waals surface area (Å²) in [6.07, 6.45) is 2.42. The number of carbonyl (C=O) groups excluding carboxylic acids is 2. The maximum absolute atomic E-state index is 12.1. The van der Waals surface area contributed by atoms with Crippen molar-refractivity contribution < 1.29 is 9.59 Å². The zero-order chi connectivity index (χ0) is 15.1. The lowest BCUT2D eigenvalue weighted by Gasteiger charge is -2.31. The summed E-state index contributed by atoms with van der Waals surface area (Å²) < 4.78 is 0. The van der Waals surface area contributed by atoms with Crippen LogP contribution < -0.4 is 10.6 Å². The maximum atomic E-state index is 12.1. The molecule has 114 valence electrons. The fourth-order valence-corrected chi connectivity index (χ4v) is 2.46. The van der Waals surface area contributed by atoms with E-state index in [2.05, 4.69) is 10.6 Å². The number of hydrogen-bond acceptors (Lipinski definition) is 2. The van der Waals surface area contributed by atoms with Crippen LogP contribution in [-0.4, -0.2) is 36.5 Å². The summed E-state index contributed by atoms with van der Waals surface area (Å²) >= 11 is 0. The van der Waals surface area contributed by atoms with Crippen molar-refractivity contribution in [1.82, 2.24) is 10.2 Å². The molecular weight excluding hydrogens is 266 g/mol. The molecule has 0 aliphatic carbocycles. The number of piperidine rings is 1. The minimum Gasteiger partial charge on any atom is -0.356 e. The van der Waals surface area contributed by atoms with Crippen molar-refractivity contribution in [2.75, 3.05) is 25.0 Å². The quantitative estimate of drug-likeness (QED) is 0.894. The second kappa shape index (κ2) is 7.67. The SMILES string of the molecule is CCCNC(=O)C1CCN(C(=O)Nc2ccccc2)CC1. The zero-order valence-electron chi connectivity index (χ0n) is 12.5. The first kappa shape index (κ1) is 15.4. The number of anilines is 1. The summed E-state index contributed by atoms with van der Waals surface area (Å²) in [6.45, 7) is 4.02. The topological polar surface area (TPSA) is 61.4 Å². The molecule has 1 aromatic rings. The third kappa shape index (κ3) is 4.48. The normalized spacial score (nSPS) is 15.6. The average Bonchev–Trinajstić information content (AvgIpc) is 2.53. The molecule has 1 fully saturated rings. The zero-order valence-corrected chi connectivity index (χ0v) is 12.5. The van der Waals surface area contributed by atoms with Crippen LogP contribution in [0.4, 0.5) is 10.5 Å². The largest absolute Gasteiger partial charge is 0.356 e. The summed E-state index contributed by atoms with van der Waals surface area (Å²) in [4.78, 5) is 25.8. The van der Waals surface area contributed by atoms with Crippen molar-refractivity contribution in [3.8, 4) is 0 Å². The number of likely N-dealkylation sites (tertiary alicyclic amines) is 1. The van der Waals surface area contributed by atoms with Gasteiger partial charge in [0.1, 0.15) is 0 Å². The number of hydrogen-bond donors (Lipinski definition) is 2. The van der Waals surface area contributed by atoms with Crippen LogP contribution in [-0.2, 0) is 4.79 Å². The van der Waals surface area contributed by atoms with Gasteiger partial charge in [-0.2, -0.15) is 0 Å². The summed E-state index contributed by atoms with van der Waals surface area (Å²) in [5.74, 6) is 0.164. The molecule has 1 aromatic carbocycles. The number of para-hydroxylation sites is 1. The second-order valence-electron chi connectivity index (χ2n) is 5.35. The number of carbonyl (C=O) groups is 2. The number of nitrogens with zero attached hydrogens (tertiary/aromatic N) is 1. The molecule has 5 nitrogen and oxygen atoms in total. The van der Waals surface area contributed by atoms with E-state index in [1.165, 1.54) is 0 Å². The highest BCUT2D eigenvalue weighted by Crippen LogP contribution is 2.18. The van der Waals surface area contributed by atoms with Gasteiger partial charge in [-0.15, -0.1) is 0 Å². The van der Waals surface area contributed by atoms with E-state index < -0.39 is 0 Å². The fourth-order valence-electron chi connectivity index (χ4n) is 2.46. The van der Waals surface area contributed by atoms with Crippen molar-refractivity contribution >= 4 is 17.6 Å². The monoisotopic (exact) mass is 289 g/mol. The minimum absolute atomic E-state index is 0.0392. The molecule has 21 heavy (non-hydrogen) atoms. The second-order valence-corrected chi connectivity index (χ2v) is 5.35. The molecule has 0 spiro atoms. The van der Waals surface area contributed by atoms with Crippen LogP contribution in [0.25, 0.3) is 0 Å². The molecule has 0 bridgehead atoms. The highest BCUT2D eigenvalue weighted by molar-refractivity contribution is 5.89. The first-order valence-electron chi connectivity index (χ1n) is 7.59. The smallest absolute Gasteiger partial charge is 0.321 e. The third-order valence-electron chi connectivity index (χ3n) is 3.73. The molecule has 0 atom stereocenters. The van der Waals surface area contributed by atoms with Crippen LogP contribution in [0, 0.1) is 5.92 Å². The standard InChI is InChI=1S/C16H23N3O2/c1-2-10-17-15(20)13-8-11-19(12-9-13)16(21)18-14-6-4-3-5-7-14/h3-7,13H,2,8-12H2,1H3,(H,17,20)(H,18,21). The van der Waals surface area contributed by atoms with Gasteiger partial charge in [-0.3, -0.25) is 4.79 Å². The van der Waals surface area contributed by atoms with E-state index in [0.717, 1.165) is 31.5 Å². The lowest BCUT2D eigenvalue weighted by atomic mass is 9.96. The van der Waals surface area contributed by atoms with Gasteiger partial charge < -0.3 is 15.5 Å². The lowest BCUT2D eigenvalue weighted by Crippen LogP contribution is -2.44. The first-order valence-corrected chi connectivity index (χ1v) is 7.59. The molecule has 0 radical (unpaired) electrons. The van der Waals surface area contributed by atoms with Gasteiger partial charge in [0.15, 0.2) is 0 Å². The highest BCUT2D eigenvalue weighted by atomic mass is 16.2. The van der Waals surface area contributed by atoms with Gasteiger partial charge in [0.25, 0.3) is 0 Å². The minimum atomic E-state index is -0.0892. The van der Waals surface area contributed by atoms with E-state index in [-0.39, 0.29) is 17.9 Å².